The number of aromatic nitrogens is 1. The molecule has 1 saturated carbocycles. The van der Waals surface area contributed by atoms with Gasteiger partial charge in [0, 0.05) is 54.4 Å². The number of nitrogens with zero attached hydrogens (tertiary/aromatic N) is 3. The molecule has 9 nitrogen and oxygen atoms in total. The van der Waals surface area contributed by atoms with Gasteiger partial charge in [0.2, 0.25) is 5.43 Å². The fourth-order valence-corrected chi connectivity index (χ4v) is 6.41. The number of carbonyl (C=O) groups excluding carboxylic acids is 2. The number of nitrogens with one attached hydrogen (secondary N) is 1. The number of pyridine rings is 1. The zero-order valence-electron chi connectivity index (χ0n) is 24.8. The highest BCUT2D eigenvalue weighted by molar-refractivity contribution is 6.35. The highest BCUT2D eigenvalue weighted by Crippen LogP contribution is 2.45. The molecule has 0 radical (unpaired) electrons. The lowest BCUT2D eigenvalue weighted by atomic mass is 10.0. The number of carbonyl (C=O) groups is 2. The van der Waals surface area contributed by atoms with Gasteiger partial charge in [-0.1, -0.05) is 29.3 Å². The molecule has 44 heavy (non-hydrogen) atoms. The van der Waals surface area contributed by atoms with Gasteiger partial charge in [-0.3, -0.25) is 19.3 Å². The molecule has 2 aromatic carbocycles. The maximum Gasteiger partial charge on any atom is 0.320 e. The van der Waals surface area contributed by atoms with Gasteiger partial charge in [0.05, 0.1) is 37.2 Å². The van der Waals surface area contributed by atoms with E-state index in [0.717, 1.165) is 6.07 Å². The average Bonchev–Trinajstić information content (AvgIpc) is 3.70. The van der Waals surface area contributed by atoms with Crippen molar-refractivity contribution < 1.29 is 27.8 Å². The Bertz CT molecular complexity index is 1660. The van der Waals surface area contributed by atoms with Crippen LogP contribution in [0.5, 0.6) is 5.75 Å². The highest BCUT2D eigenvalue weighted by atomic mass is 35.5. The van der Waals surface area contributed by atoms with Gasteiger partial charge in [-0.15, -0.1) is 0 Å². The minimum absolute atomic E-state index is 0.0105. The van der Waals surface area contributed by atoms with Crippen LogP contribution in [0.3, 0.4) is 0 Å². The molecule has 1 aromatic heterocycles. The van der Waals surface area contributed by atoms with E-state index in [9.17, 15) is 18.8 Å². The van der Waals surface area contributed by atoms with Crippen LogP contribution >= 0.6 is 23.2 Å². The van der Waals surface area contributed by atoms with E-state index in [1.54, 1.807) is 19.1 Å². The van der Waals surface area contributed by atoms with Gasteiger partial charge in [0.1, 0.15) is 17.4 Å². The number of ether oxygens (including phenoxy) is 2. The maximum absolute atomic E-state index is 16.0. The lowest BCUT2D eigenvalue weighted by Gasteiger charge is -2.45. The summed E-state index contributed by atoms with van der Waals surface area (Å²) < 4.78 is 43.0. The standard InChI is InChI=1S/C31H34Cl2F2N4O5/c1-5-44-26(40)15-38-16(2)12-37(13-17(38)3)28-24(35)9-20-27(30(28)43-4)39(25-10-23(25)34)14-21(29(20)41)31(42)36-11-18-6-7-19(32)8-22(18)33/h6-9,14,16-17,23,25H,5,10-13,15H2,1-4H3,(H,36,42)/t16?,17?,23-,25+/m1/s1. The number of methoxy groups -OCH3 is 1. The Hall–Kier alpha value is -3.41. The summed E-state index contributed by atoms with van der Waals surface area (Å²) in [4.78, 5) is 42.9. The van der Waals surface area contributed by atoms with E-state index >= 15 is 4.39 Å². The predicted molar refractivity (Wildman–Crippen MR) is 165 cm³/mol. The summed E-state index contributed by atoms with van der Waals surface area (Å²) in [7, 11) is 1.37. The van der Waals surface area contributed by atoms with Crippen molar-refractivity contribution in [2.75, 3.05) is 38.3 Å². The Morgan fingerprint density at radius 3 is 2.41 bits per heavy atom. The molecule has 3 aromatic rings. The summed E-state index contributed by atoms with van der Waals surface area (Å²) in [5, 5.41) is 3.36. The lowest BCUT2D eigenvalue weighted by molar-refractivity contribution is -0.145. The molecule has 0 bridgehead atoms. The van der Waals surface area contributed by atoms with Crippen molar-refractivity contribution in [3.05, 3.63) is 67.7 Å². The topological polar surface area (TPSA) is 93.1 Å². The smallest absolute Gasteiger partial charge is 0.320 e. The first-order valence-corrected chi connectivity index (χ1v) is 15.2. The molecule has 1 aliphatic heterocycles. The average molecular weight is 652 g/mol. The van der Waals surface area contributed by atoms with Gasteiger partial charge in [-0.2, -0.15) is 0 Å². The first-order chi connectivity index (χ1) is 20.9. The van der Waals surface area contributed by atoms with E-state index in [0.29, 0.717) is 28.7 Å². The van der Waals surface area contributed by atoms with Crippen LogP contribution in [0.1, 0.15) is 49.2 Å². The van der Waals surface area contributed by atoms with Crippen molar-refractivity contribution in [1.29, 1.82) is 0 Å². The van der Waals surface area contributed by atoms with Crippen LogP contribution < -0.4 is 20.4 Å². The first kappa shape index (κ1) is 32.0. The molecule has 2 fully saturated rings. The van der Waals surface area contributed by atoms with Crippen molar-refractivity contribution >= 4 is 51.7 Å². The van der Waals surface area contributed by atoms with Crippen LogP contribution in [-0.2, 0) is 16.1 Å². The minimum atomic E-state index is -1.20. The van der Waals surface area contributed by atoms with Crippen molar-refractivity contribution in [3.8, 4) is 5.75 Å². The van der Waals surface area contributed by atoms with Crippen molar-refractivity contribution in [2.24, 2.45) is 0 Å². The predicted octanol–water partition coefficient (Wildman–Crippen LogP) is 5.13. The summed E-state index contributed by atoms with van der Waals surface area (Å²) in [5.74, 6) is -1.68. The number of fused-ring (bicyclic) bond motifs is 1. The van der Waals surface area contributed by atoms with E-state index in [2.05, 4.69) is 5.32 Å². The highest BCUT2D eigenvalue weighted by Gasteiger charge is 2.42. The Balaban J connectivity index is 1.53. The molecule has 2 aliphatic rings. The Labute approximate surface area is 263 Å². The zero-order chi connectivity index (χ0) is 31.9. The lowest BCUT2D eigenvalue weighted by Crippen LogP contribution is -2.58. The third kappa shape index (κ3) is 6.23. The molecular formula is C31H34Cl2F2N4O5. The second-order valence-electron chi connectivity index (χ2n) is 11.2. The van der Waals surface area contributed by atoms with E-state index < -0.39 is 29.4 Å². The monoisotopic (exact) mass is 650 g/mol. The normalized spacial score (nSPS) is 21.8. The fourth-order valence-electron chi connectivity index (χ4n) is 5.94. The molecule has 5 rings (SSSR count). The van der Waals surface area contributed by atoms with E-state index in [4.69, 9.17) is 32.7 Å². The molecule has 1 amide bonds. The Morgan fingerprint density at radius 1 is 1.14 bits per heavy atom. The second kappa shape index (κ2) is 12.9. The van der Waals surface area contributed by atoms with Crippen LogP contribution in [0.2, 0.25) is 10.0 Å². The van der Waals surface area contributed by atoms with Gasteiger partial charge in [-0.05, 0) is 44.5 Å². The third-order valence-corrected chi connectivity index (χ3v) is 8.76. The van der Waals surface area contributed by atoms with Gasteiger partial charge in [0.25, 0.3) is 5.91 Å². The van der Waals surface area contributed by atoms with Crippen molar-refractivity contribution in [3.63, 3.8) is 0 Å². The third-order valence-electron chi connectivity index (χ3n) is 8.17. The zero-order valence-corrected chi connectivity index (χ0v) is 26.3. The number of halogens is 4. The van der Waals surface area contributed by atoms with E-state index in [1.165, 1.54) is 23.9 Å². The number of hydrogen-bond donors (Lipinski definition) is 1. The van der Waals surface area contributed by atoms with Crippen molar-refractivity contribution in [1.82, 2.24) is 14.8 Å². The molecule has 236 valence electrons. The Kier molecular flexibility index (Phi) is 9.38. The number of esters is 1. The molecule has 4 atom stereocenters. The molecule has 0 spiro atoms. The van der Waals surface area contributed by atoms with Crippen LogP contribution in [-0.4, -0.2) is 72.9 Å². The van der Waals surface area contributed by atoms with Crippen LogP contribution in [0.25, 0.3) is 10.9 Å². The summed E-state index contributed by atoms with van der Waals surface area (Å²) in [6.07, 6.45) is 0.297. The molecule has 2 unspecified atom stereocenters. The Morgan fingerprint density at radius 2 is 1.82 bits per heavy atom. The summed E-state index contributed by atoms with van der Waals surface area (Å²) in [6, 6.07) is 4.96. The van der Waals surface area contributed by atoms with Crippen LogP contribution in [0.15, 0.2) is 35.3 Å². The van der Waals surface area contributed by atoms with Gasteiger partial charge >= 0.3 is 5.97 Å². The number of alkyl halides is 1. The van der Waals surface area contributed by atoms with Crippen LogP contribution in [0.4, 0.5) is 14.5 Å². The summed E-state index contributed by atoms with van der Waals surface area (Å²) in [5.41, 5.74) is -0.0407. The first-order valence-electron chi connectivity index (χ1n) is 14.4. The molecule has 1 N–H and O–H groups in total. The van der Waals surface area contributed by atoms with Crippen molar-refractivity contribution in [2.45, 2.75) is 58.0 Å². The molecule has 13 heteroatoms. The number of anilines is 1. The molecule has 1 aliphatic carbocycles. The summed E-state index contributed by atoms with van der Waals surface area (Å²) in [6.45, 7) is 6.73. The number of hydrogen-bond acceptors (Lipinski definition) is 7. The number of rotatable bonds is 9. The molecule has 1 saturated heterocycles. The molecule has 2 heterocycles. The SMILES string of the molecule is CCOC(=O)CN1C(C)CN(c2c(F)cc3c(=O)c(C(=O)NCc4ccc(Cl)cc4Cl)cn([C@H]4C[C@H]4F)c3c2OC)CC1C. The summed E-state index contributed by atoms with van der Waals surface area (Å²) >= 11 is 12.2. The fraction of sp³-hybridized carbons (Fsp3) is 0.452. The molecular weight excluding hydrogens is 617 g/mol. The van der Waals surface area contributed by atoms with E-state index in [1.807, 2.05) is 23.6 Å². The number of amides is 1. The minimum Gasteiger partial charge on any atom is -0.492 e. The second-order valence-corrected chi connectivity index (χ2v) is 12.1. The van der Waals surface area contributed by atoms with Crippen LogP contribution in [0, 0.1) is 5.82 Å². The largest absolute Gasteiger partial charge is 0.492 e. The van der Waals surface area contributed by atoms with Gasteiger partial charge in [0.15, 0.2) is 11.6 Å². The number of benzene rings is 2. The van der Waals surface area contributed by atoms with E-state index in [-0.39, 0.29) is 72.1 Å². The van der Waals surface area contributed by atoms with Gasteiger partial charge in [-0.25, -0.2) is 8.78 Å². The quantitative estimate of drug-likeness (QED) is 0.321. The number of piperazine rings is 1. The van der Waals surface area contributed by atoms with Gasteiger partial charge < -0.3 is 24.3 Å². The maximum atomic E-state index is 16.0.